The van der Waals surface area contributed by atoms with E-state index in [1.165, 1.54) is 11.9 Å². The summed E-state index contributed by atoms with van der Waals surface area (Å²) in [5.41, 5.74) is 0. The van der Waals surface area contributed by atoms with Crippen molar-refractivity contribution >= 4 is 18.0 Å². The van der Waals surface area contributed by atoms with Crippen LogP contribution in [-0.4, -0.2) is 16.9 Å². The van der Waals surface area contributed by atoms with E-state index in [-0.39, 0.29) is 23.1 Å². The van der Waals surface area contributed by atoms with E-state index < -0.39 is 0 Å². The largest absolute Gasteiger partial charge is 2.00 e. The van der Waals surface area contributed by atoms with Crippen molar-refractivity contribution < 1.29 is 21.9 Å². The van der Waals surface area contributed by atoms with Gasteiger partial charge in [-0.05, 0) is 18.0 Å². The molecule has 100 valence electrons. The van der Waals surface area contributed by atoms with Crippen molar-refractivity contribution in [1.29, 1.82) is 0 Å². The van der Waals surface area contributed by atoms with Gasteiger partial charge in [-0.3, -0.25) is 0 Å². The Balaban J connectivity index is 0.000000256. The number of nitrogens with zero attached hydrogens (tertiary/aromatic N) is 1. The monoisotopic (exact) mass is 314 g/mol. The quantitative estimate of drug-likeness (QED) is 0.524. The molecule has 19 heavy (non-hydrogen) atoms. The first-order chi connectivity index (χ1) is 8.86. The molecule has 0 unspecified atom stereocenters. The SMILES string of the molecule is O=C1NCC=CN1Sc1ccc[cH-]1.[Fe+2].c1cc[cH-]c1. The van der Waals surface area contributed by atoms with Gasteiger partial charge in [-0.1, -0.05) is 4.90 Å². The van der Waals surface area contributed by atoms with Crippen LogP contribution in [0.25, 0.3) is 0 Å². The molecule has 2 amide bonds. The van der Waals surface area contributed by atoms with Crippen molar-refractivity contribution in [3.63, 3.8) is 0 Å². The maximum Gasteiger partial charge on any atom is 2.00 e. The van der Waals surface area contributed by atoms with E-state index in [9.17, 15) is 4.79 Å². The first-order valence-corrected chi connectivity index (χ1v) is 6.44. The second-order valence-corrected chi connectivity index (χ2v) is 4.62. The van der Waals surface area contributed by atoms with E-state index in [2.05, 4.69) is 5.32 Å². The summed E-state index contributed by atoms with van der Waals surface area (Å²) >= 11 is 1.41. The van der Waals surface area contributed by atoms with Gasteiger partial charge in [0.15, 0.2) is 0 Å². The number of amides is 2. The molecule has 0 aromatic heterocycles. The molecular weight excluding hydrogens is 300 g/mol. The smallest absolute Gasteiger partial charge is 0.333 e. The van der Waals surface area contributed by atoms with Gasteiger partial charge in [0.1, 0.15) is 0 Å². The Morgan fingerprint density at radius 2 is 2.00 bits per heavy atom. The van der Waals surface area contributed by atoms with Gasteiger partial charge >= 0.3 is 23.1 Å². The Labute approximate surface area is 128 Å². The van der Waals surface area contributed by atoms with Crippen molar-refractivity contribution in [2.75, 3.05) is 6.54 Å². The molecule has 0 fully saturated rings. The van der Waals surface area contributed by atoms with Crippen molar-refractivity contribution in [1.82, 2.24) is 9.62 Å². The molecule has 0 atom stereocenters. The van der Waals surface area contributed by atoms with Crippen LogP contribution < -0.4 is 5.32 Å². The Morgan fingerprint density at radius 3 is 2.53 bits per heavy atom. The standard InChI is InChI=1S/C9H9N2OS.C5H5.Fe/c12-9-10-6-3-7-11(9)13-8-4-1-2-5-8;1-2-4-5-3-1;/h1-5,7H,6H2,(H,10,12);1-5H;/q2*-1;+2. The summed E-state index contributed by atoms with van der Waals surface area (Å²) in [6.45, 7) is 0.622. The van der Waals surface area contributed by atoms with E-state index in [1.807, 2.05) is 60.7 Å². The molecule has 0 saturated heterocycles. The third-order valence-electron chi connectivity index (χ3n) is 2.20. The molecule has 1 aliphatic heterocycles. The molecule has 1 heterocycles. The van der Waals surface area contributed by atoms with Crippen molar-refractivity contribution in [2.45, 2.75) is 4.90 Å². The van der Waals surface area contributed by atoms with E-state index in [1.54, 1.807) is 10.5 Å². The van der Waals surface area contributed by atoms with Gasteiger partial charge in [-0.2, -0.15) is 36.4 Å². The molecule has 5 heteroatoms. The second-order valence-electron chi connectivity index (χ2n) is 3.57. The van der Waals surface area contributed by atoms with Crippen molar-refractivity contribution in [2.24, 2.45) is 0 Å². The van der Waals surface area contributed by atoms with Crippen LogP contribution in [0.1, 0.15) is 0 Å². The zero-order chi connectivity index (χ0) is 12.6. The molecule has 2 aromatic carbocycles. The first kappa shape index (κ1) is 15.6. The Kier molecular flexibility index (Phi) is 7.11. The molecule has 2 aromatic rings. The number of carbonyl (C=O) groups is 1. The molecular formula is C14H14FeN2OS. The third-order valence-corrected chi connectivity index (χ3v) is 3.17. The van der Waals surface area contributed by atoms with E-state index in [0.29, 0.717) is 6.54 Å². The van der Waals surface area contributed by atoms with Gasteiger partial charge in [-0.15, -0.1) is 0 Å². The molecule has 0 aliphatic carbocycles. The molecule has 1 N–H and O–H groups in total. The van der Waals surface area contributed by atoms with E-state index in [4.69, 9.17) is 0 Å². The number of nitrogens with one attached hydrogen (secondary N) is 1. The Morgan fingerprint density at radius 1 is 1.21 bits per heavy atom. The normalized spacial score (nSPS) is 13.1. The number of carbonyl (C=O) groups excluding carboxylic acids is 1. The van der Waals surface area contributed by atoms with Crippen molar-refractivity contribution in [3.8, 4) is 0 Å². The first-order valence-electron chi connectivity index (χ1n) is 5.66. The molecule has 3 rings (SSSR count). The van der Waals surface area contributed by atoms with Crippen LogP contribution in [0.15, 0.2) is 71.8 Å². The van der Waals surface area contributed by atoms with Crippen molar-refractivity contribution in [3.05, 3.63) is 66.9 Å². The van der Waals surface area contributed by atoms with Gasteiger partial charge in [0.2, 0.25) is 0 Å². The minimum absolute atomic E-state index is 0. The number of hydrogen-bond donors (Lipinski definition) is 1. The van der Waals surface area contributed by atoms with Gasteiger partial charge in [-0.25, -0.2) is 27.3 Å². The van der Waals surface area contributed by atoms with Crippen LogP contribution in [-0.2, 0) is 17.1 Å². The summed E-state index contributed by atoms with van der Waals surface area (Å²) in [5, 5.41) is 2.72. The Bertz CT molecular complexity index is 462. The number of hydrogen-bond acceptors (Lipinski definition) is 2. The fraction of sp³-hybridized carbons (Fsp3) is 0.0714. The van der Waals surface area contributed by atoms with Crippen LogP contribution in [0, 0.1) is 0 Å². The number of urea groups is 1. The third kappa shape index (κ3) is 5.39. The van der Waals surface area contributed by atoms with Gasteiger partial charge in [0.25, 0.3) is 0 Å². The second kappa shape index (κ2) is 8.64. The van der Waals surface area contributed by atoms with Gasteiger partial charge in [0, 0.05) is 12.7 Å². The summed E-state index contributed by atoms with van der Waals surface area (Å²) in [6.07, 6.45) is 3.70. The Hall–Kier alpha value is -1.42. The summed E-state index contributed by atoms with van der Waals surface area (Å²) in [5.74, 6) is 0. The average molecular weight is 314 g/mol. The average Bonchev–Trinajstić information content (AvgIpc) is 3.06. The van der Waals surface area contributed by atoms with Crippen LogP contribution in [0.5, 0.6) is 0 Å². The van der Waals surface area contributed by atoms with Crippen LogP contribution >= 0.6 is 11.9 Å². The molecule has 0 spiro atoms. The van der Waals surface area contributed by atoms with Crippen LogP contribution in [0.2, 0.25) is 0 Å². The molecule has 0 saturated carbocycles. The molecule has 0 bridgehead atoms. The maximum atomic E-state index is 11.3. The topological polar surface area (TPSA) is 32.3 Å². The van der Waals surface area contributed by atoms with E-state index >= 15 is 0 Å². The summed E-state index contributed by atoms with van der Waals surface area (Å²) in [7, 11) is 0. The van der Waals surface area contributed by atoms with E-state index in [0.717, 1.165) is 4.90 Å². The zero-order valence-electron chi connectivity index (χ0n) is 10.2. The van der Waals surface area contributed by atoms with Crippen LogP contribution in [0.4, 0.5) is 4.79 Å². The number of rotatable bonds is 2. The van der Waals surface area contributed by atoms with Crippen LogP contribution in [0.3, 0.4) is 0 Å². The molecule has 1 aliphatic rings. The maximum absolute atomic E-state index is 11.3. The molecule has 0 radical (unpaired) electrons. The van der Waals surface area contributed by atoms with Gasteiger partial charge < -0.3 is 5.32 Å². The molecule has 3 nitrogen and oxygen atoms in total. The fourth-order valence-corrected chi connectivity index (χ4v) is 2.16. The minimum Gasteiger partial charge on any atom is -0.333 e. The summed E-state index contributed by atoms with van der Waals surface area (Å²) in [4.78, 5) is 12.3. The summed E-state index contributed by atoms with van der Waals surface area (Å²) < 4.78 is 1.58. The predicted octanol–water partition coefficient (Wildman–Crippen LogP) is 3.35. The summed E-state index contributed by atoms with van der Waals surface area (Å²) in [6, 6.07) is 17.8. The zero-order valence-corrected chi connectivity index (χ0v) is 12.1. The van der Waals surface area contributed by atoms with Gasteiger partial charge in [0.05, 0.1) is 0 Å². The fourth-order valence-electron chi connectivity index (χ4n) is 1.36. The predicted molar refractivity (Wildman–Crippen MR) is 74.3 cm³/mol. The minimum atomic E-state index is -0.0614.